The highest BCUT2D eigenvalue weighted by Gasteiger charge is 2.43. The highest BCUT2D eigenvalue weighted by molar-refractivity contribution is 6.61. The van der Waals surface area contributed by atoms with Gasteiger partial charge in [0.05, 0.1) is 0 Å². The zero-order valence-corrected chi connectivity index (χ0v) is 28.1. The van der Waals surface area contributed by atoms with Crippen LogP contribution in [0.4, 0.5) is 0 Å². The summed E-state index contributed by atoms with van der Waals surface area (Å²) in [6.07, 6.45) is 10.3. The van der Waals surface area contributed by atoms with Gasteiger partial charge in [-0.3, -0.25) is 0 Å². The standard InChI is InChI=1S/2C14H32O3Si/c1-8-12(5)15-18(11-4,16-13(6)9-2)17-14(7)10-3;1-5-9-12-15-18(8-4,16-13-10-6-2)17-14-11-7-3/h12-14H,8-11H2,1-7H3;5-14H2,1-4H3. The summed E-state index contributed by atoms with van der Waals surface area (Å²) < 4.78 is 36.5. The number of hydrogen-bond acceptors (Lipinski definition) is 6. The van der Waals surface area contributed by atoms with E-state index in [0.717, 1.165) is 89.7 Å². The van der Waals surface area contributed by atoms with Gasteiger partial charge in [-0.25, -0.2) is 0 Å². The van der Waals surface area contributed by atoms with Gasteiger partial charge in [-0.1, -0.05) is 74.7 Å². The summed E-state index contributed by atoms with van der Waals surface area (Å²) in [6, 6.07) is 1.72. The SMILES string of the molecule is CCC(C)O[Si](CC)(OC(C)CC)OC(C)CC.CCCCO[Si](CC)(OCCCC)OCCCC. The van der Waals surface area contributed by atoms with Gasteiger partial charge in [0, 0.05) is 50.2 Å². The van der Waals surface area contributed by atoms with E-state index in [9.17, 15) is 0 Å². The van der Waals surface area contributed by atoms with Gasteiger partial charge < -0.3 is 26.6 Å². The fourth-order valence-corrected chi connectivity index (χ4v) is 8.28. The van der Waals surface area contributed by atoms with Crippen LogP contribution in [0.5, 0.6) is 0 Å². The molecule has 3 unspecified atom stereocenters. The molecule has 0 saturated carbocycles. The Morgan fingerprint density at radius 2 is 0.722 bits per heavy atom. The summed E-state index contributed by atoms with van der Waals surface area (Å²) in [5, 5.41) is 0. The summed E-state index contributed by atoms with van der Waals surface area (Å²) >= 11 is 0. The number of unbranched alkanes of at least 4 members (excludes halogenated alkanes) is 3. The van der Waals surface area contributed by atoms with E-state index in [1.807, 2.05) is 0 Å². The molecule has 0 aliphatic heterocycles. The van der Waals surface area contributed by atoms with Crippen LogP contribution in [0.15, 0.2) is 0 Å². The first-order chi connectivity index (χ1) is 17.2. The second-order valence-corrected chi connectivity index (χ2v) is 15.4. The fraction of sp³-hybridized carbons (Fsp3) is 1.00. The first-order valence-corrected chi connectivity index (χ1v) is 19.0. The van der Waals surface area contributed by atoms with Crippen molar-refractivity contribution in [3.63, 3.8) is 0 Å². The largest absolute Gasteiger partial charge is 0.501 e. The maximum atomic E-state index is 6.18. The lowest BCUT2D eigenvalue weighted by molar-refractivity contribution is -0.00986. The molecule has 0 radical (unpaired) electrons. The molecule has 0 N–H and O–H groups in total. The van der Waals surface area contributed by atoms with E-state index in [1.165, 1.54) is 0 Å². The maximum absolute atomic E-state index is 6.18. The van der Waals surface area contributed by atoms with Crippen LogP contribution >= 0.6 is 0 Å². The van der Waals surface area contributed by atoms with Gasteiger partial charge in [0.25, 0.3) is 0 Å². The van der Waals surface area contributed by atoms with E-state index in [-0.39, 0.29) is 18.3 Å². The summed E-state index contributed by atoms with van der Waals surface area (Å²) in [5.74, 6) is 0. The lowest BCUT2D eigenvalue weighted by atomic mass is 10.3. The Balaban J connectivity index is 0. The van der Waals surface area contributed by atoms with Crippen LogP contribution in [-0.2, 0) is 26.6 Å². The Morgan fingerprint density at radius 3 is 0.917 bits per heavy atom. The van der Waals surface area contributed by atoms with Crippen LogP contribution in [0.25, 0.3) is 0 Å². The topological polar surface area (TPSA) is 55.4 Å². The van der Waals surface area contributed by atoms with Gasteiger partial charge in [0.15, 0.2) is 0 Å². The van der Waals surface area contributed by atoms with Crippen molar-refractivity contribution in [3.8, 4) is 0 Å². The first-order valence-electron chi connectivity index (χ1n) is 15.1. The monoisotopic (exact) mass is 552 g/mol. The molecule has 0 aliphatic rings. The zero-order chi connectivity index (χ0) is 27.9. The molecule has 8 heteroatoms. The summed E-state index contributed by atoms with van der Waals surface area (Å²) in [4.78, 5) is 0. The van der Waals surface area contributed by atoms with Crippen LogP contribution in [0.3, 0.4) is 0 Å². The number of rotatable bonds is 23. The van der Waals surface area contributed by atoms with E-state index in [2.05, 4.69) is 76.2 Å². The van der Waals surface area contributed by atoms with Crippen molar-refractivity contribution >= 4 is 17.6 Å². The minimum atomic E-state index is -2.52. The summed E-state index contributed by atoms with van der Waals surface area (Å²) in [6.45, 7) is 25.8. The normalized spacial score (nSPS) is 16.1. The lowest BCUT2D eigenvalue weighted by Gasteiger charge is -2.35. The average molecular weight is 553 g/mol. The van der Waals surface area contributed by atoms with E-state index in [1.54, 1.807) is 0 Å². The molecule has 3 atom stereocenters. The van der Waals surface area contributed by atoms with Crippen molar-refractivity contribution in [2.24, 2.45) is 0 Å². The van der Waals surface area contributed by atoms with E-state index < -0.39 is 17.6 Å². The van der Waals surface area contributed by atoms with E-state index in [0.29, 0.717) is 0 Å². The third kappa shape index (κ3) is 18.4. The Bertz CT molecular complexity index is 412. The maximum Gasteiger partial charge on any atom is 0.501 e. The molecule has 0 aromatic rings. The Morgan fingerprint density at radius 1 is 0.444 bits per heavy atom. The first kappa shape index (κ1) is 38.3. The predicted octanol–water partition coefficient (Wildman–Crippen LogP) is 8.79. The molecule has 36 heavy (non-hydrogen) atoms. The van der Waals surface area contributed by atoms with Crippen LogP contribution in [0.2, 0.25) is 12.1 Å². The highest BCUT2D eigenvalue weighted by atomic mass is 28.4. The quantitative estimate of drug-likeness (QED) is 0.0932. The Hall–Kier alpha value is 0.194. The molecule has 0 fully saturated rings. The fourth-order valence-electron chi connectivity index (χ4n) is 3.05. The molecule has 0 amide bonds. The number of hydrogen-bond donors (Lipinski definition) is 0. The predicted molar refractivity (Wildman–Crippen MR) is 158 cm³/mol. The van der Waals surface area contributed by atoms with Gasteiger partial charge in [-0.2, -0.15) is 0 Å². The third-order valence-electron chi connectivity index (χ3n) is 6.19. The molecule has 0 aliphatic carbocycles. The second kappa shape index (κ2) is 24.2. The van der Waals surface area contributed by atoms with Crippen LogP contribution in [-0.4, -0.2) is 55.7 Å². The van der Waals surface area contributed by atoms with Gasteiger partial charge in [-0.15, -0.1) is 0 Å². The highest BCUT2D eigenvalue weighted by Crippen LogP contribution is 2.24. The molecule has 0 spiro atoms. The van der Waals surface area contributed by atoms with Gasteiger partial charge in [0.2, 0.25) is 0 Å². The minimum Gasteiger partial charge on any atom is -0.373 e. The molecule has 0 saturated heterocycles. The Labute approximate surface area is 228 Å². The van der Waals surface area contributed by atoms with Gasteiger partial charge >= 0.3 is 17.6 Å². The molecular weight excluding hydrogens is 488 g/mol. The van der Waals surface area contributed by atoms with Crippen molar-refractivity contribution < 1.29 is 26.6 Å². The van der Waals surface area contributed by atoms with Crippen molar-refractivity contribution in [2.45, 2.75) is 164 Å². The molecule has 220 valence electrons. The van der Waals surface area contributed by atoms with Crippen LogP contribution < -0.4 is 0 Å². The van der Waals surface area contributed by atoms with Crippen LogP contribution in [0.1, 0.15) is 134 Å². The average Bonchev–Trinajstić information content (AvgIpc) is 2.88. The smallest absolute Gasteiger partial charge is 0.373 e. The van der Waals surface area contributed by atoms with E-state index >= 15 is 0 Å². The van der Waals surface area contributed by atoms with Crippen LogP contribution in [0, 0.1) is 0 Å². The molecule has 0 aromatic carbocycles. The Kier molecular flexibility index (Phi) is 25.8. The van der Waals surface area contributed by atoms with E-state index in [4.69, 9.17) is 26.6 Å². The van der Waals surface area contributed by atoms with Crippen molar-refractivity contribution in [1.82, 2.24) is 0 Å². The summed E-state index contributed by atoms with van der Waals surface area (Å²) in [5.41, 5.74) is 0. The lowest BCUT2D eigenvalue weighted by Crippen LogP contribution is -2.51. The molecule has 0 heterocycles. The van der Waals surface area contributed by atoms with Crippen molar-refractivity contribution in [2.75, 3.05) is 19.8 Å². The second-order valence-electron chi connectivity index (χ2n) is 9.69. The van der Waals surface area contributed by atoms with Crippen molar-refractivity contribution in [1.29, 1.82) is 0 Å². The van der Waals surface area contributed by atoms with Gasteiger partial charge in [-0.05, 0) is 59.3 Å². The molecular formula is C28H64O6Si2. The van der Waals surface area contributed by atoms with Crippen molar-refractivity contribution in [3.05, 3.63) is 0 Å². The molecule has 0 rings (SSSR count). The third-order valence-corrected chi connectivity index (χ3v) is 12.1. The molecule has 0 aromatic heterocycles. The molecule has 0 bridgehead atoms. The van der Waals surface area contributed by atoms with Gasteiger partial charge in [0.1, 0.15) is 0 Å². The molecule has 6 nitrogen and oxygen atoms in total. The summed E-state index contributed by atoms with van der Waals surface area (Å²) in [7, 11) is -4.90. The zero-order valence-electron chi connectivity index (χ0n) is 26.1. The minimum absolute atomic E-state index is 0.199.